The summed E-state index contributed by atoms with van der Waals surface area (Å²) < 4.78 is 7.53. The van der Waals surface area contributed by atoms with E-state index in [9.17, 15) is 9.90 Å². The molecular formula is C22H16N4O4. The number of aryl methyl sites for hydroxylation is 1. The zero-order valence-electron chi connectivity index (χ0n) is 15.7. The number of aromatic hydroxyl groups is 1. The van der Waals surface area contributed by atoms with Crippen LogP contribution in [0.15, 0.2) is 47.0 Å². The maximum Gasteiger partial charge on any atom is 0.304 e. The highest BCUT2D eigenvalue weighted by Gasteiger charge is 2.27. The predicted octanol–water partition coefficient (Wildman–Crippen LogP) is 3.90. The summed E-state index contributed by atoms with van der Waals surface area (Å²) in [5.41, 5.74) is 3.56. The fourth-order valence-electron chi connectivity index (χ4n) is 4.09. The number of nitriles is 1. The van der Waals surface area contributed by atoms with E-state index in [1.54, 1.807) is 6.07 Å². The number of hydrogen-bond acceptors (Lipinski definition) is 6. The van der Waals surface area contributed by atoms with E-state index in [1.807, 2.05) is 30.3 Å². The average molecular weight is 400 g/mol. The van der Waals surface area contributed by atoms with Crippen molar-refractivity contribution in [2.75, 3.05) is 0 Å². The SMILES string of the molecule is N#Cc1cc(-c2nc(-c3ccc4c(c3)cc3n4CC[C@@H]3CC(=O)O)no2)ccc1O. The summed E-state index contributed by atoms with van der Waals surface area (Å²) >= 11 is 0. The van der Waals surface area contributed by atoms with Crippen LogP contribution < -0.4 is 0 Å². The Labute approximate surface area is 170 Å². The van der Waals surface area contributed by atoms with Crippen LogP contribution in [0.25, 0.3) is 33.7 Å². The van der Waals surface area contributed by atoms with Crippen molar-refractivity contribution in [2.45, 2.75) is 25.3 Å². The zero-order chi connectivity index (χ0) is 20.8. The molecule has 0 radical (unpaired) electrons. The first kappa shape index (κ1) is 17.9. The third-order valence-corrected chi connectivity index (χ3v) is 5.52. The van der Waals surface area contributed by atoms with Gasteiger partial charge in [-0.25, -0.2) is 0 Å². The average Bonchev–Trinajstić information content (AvgIpc) is 3.44. The van der Waals surface area contributed by atoms with Crippen LogP contribution in [0.2, 0.25) is 0 Å². The normalized spacial score (nSPS) is 15.2. The zero-order valence-corrected chi connectivity index (χ0v) is 15.7. The molecule has 1 aliphatic rings. The highest BCUT2D eigenvalue weighted by atomic mass is 16.5. The maximum atomic E-state index is 11.1. The van der Waals surface area contributed by atoms with Gasteiger partial charge in [-0.1, -0.05) is 5.16 Å². The van der Waals surface area contributed by atoms with Crippen LogP contribution in [0, 0.1) is 11.3 Å². The molecular weight excluding hydrogens is 384 g/mol. The van der Waals surface area contributed by atoms with Crippen molar-refractivity contribution in [2.24, 2.45) is 0 Å². The van der Waals surface area contributed by atoms with Gasteiger partial charge in [0.2, 0.25) is 5.82 Å². The van der Waals surface area contributed by atoms with Gasteiger partial charge in [0, 0.05) is 40.2 Å². The smallest absolute Gasteiger partial charge is 0.304 e. The summed E-state index contributed by atoms with van der Waals surface area (Å²) in [7, 11) is 0. The van der Waals surface area contributed by atoms with E-state index in [1.165, 1.54) is 12.1 Å². The third-order valence-electron chi connectivity index (χ3n) is 5.52. The topological polar surface area (TPSA) is 125 Å². The highest BCUT2D eigenvalue weighted by molar-refractivity contribution is 5.86. The molecule has 148 valence electrons. The number of aliphatic carboxylic acids is 1. The number of aromatic nitrogens is 3. The molecule has 0 amide bonds. The molecule has 1 atom stereocenters. The standard InChI is InChI=1S/C22H16N4O4/c23-11-16-8-14(2-4-19(16)27)22-24-21(25-30-22)13-1-3-17-15(7-13)9-18-12(10-20(28)29)5-6-26(17)18/h1-4,7-9,12,27H,5-6,10H2,(H,28,29)/t12-/m1/s1. The number of rotatable bonds is 4. The van der Waals surface area contributed by atoms with E-state index >= 15 is 0 Å². The Morgan fingerprint density at radius 1 is 1.23 bits per heavy atom. The predicted molar refractivity (Wildman–Crippen MR) is 107 cm³/mol. The number of carboxylic acids is 1. The summed E-state index contributed by atoms with van der Waals surface area (Å²) in [6.45, 7) is 0.810. The minimum atomic E-state index is -0.785. The lowest BCUT2D eigenvalue weighted by Gasteiger charge is -2.04. The molecule has 4 aromatic rings. The first-order valence-corrected chi connectivity index (χ1v) is 9.46. The molecule has 8 heteroatoms. The van der Waals surface area contributed by atoms with Gasteiger partial charge in [0.1, 0.15) is 11.8 Å². The number of nitrogens with zero attached hydrogens (tertiary/aromatic N) is 4. The fraction of sp³-hybridized carbons (Fsp3) is 0.182. The molecule has 0 bridgehead atoms. The number of carbonyl (C=O) groups is 1. The largest absolute Gasteiger partial charge is 0.507 e. The summed E-state index contributed by atoms with van der Waals surface area (Å²) in [6, 6.07) is 14.3. The first-order chi connectivity index (χ1) is 14.5. The quantitative estimate of drug-likeness (QED) is 0.532. The van der Waals surface area contributed by atoms with E-state index in [2.05, 4.69) is 14.7 Å². The number of fused-ring (bicyclic) bond motifs is 3. The Morgan fingerprint density at radius 3 is 2.87 bits per heavy atom. The van der Waals surface area contributed by atoms with Gasteiger partial charge in [-0.15, -0.1) is 0 Å². The maximum absolute atomic E-state index is 11.1. The van der Waals surface area contributed by atoms with E-state index in [0.717, 1.165) is 35.1 Å². The second kappa shape index (κ2) is 6.74. The van der Waals surface area contributed by atoms with Crippen LogP contribution in [-0.4, -0.2) is 30.9 Å². The lowest BCUT2D eigenvalue weighted by Crippen LogP contribution is -2.02. The minimum Gasteiger partial charge on any atom is -0.507 e. The summed E-state index contributed by atoms with van der Waals surface area (Å²) in [5, 5.41) is 32.9. The molecule has 0 aliphatic carbocycles. The van der Waals surface area contributed by atoms with Crippen molar-refractivity contribution in [3.05, 3.63) is 53.7 Å². The van der Waals surface area contributed by atoms with Gasteiger partial charge in [0.15, 0.2) is 0 Å². The van der Waals surface area contributed by atoms with Crippen LogP contribution >= 0.6 is 0 Å². The summed E-state index contributed by atoms with van der Waals surface area (Å²) in [5.74, 6) is -0.199. The van der Waals surface area contributed by atoms with E-state index in [4.69, 9.17) is 14.9 Å². The van der Waals surface area contributed by atoms with Crippen molar-refractivity contribution in [1.29, 1.82) is 5.26 Å². The number of carboxylic acid groups (broad SMARTS) is 1. The lowest BCUT2D eigenvalue weighted by atomic mass is 10.0. The van der Waals surface area contributed by atoms with Gasteiger partial charge in [0.05, 0.1) is 12.0 Å². The van der Waals surface area contributed by atoms with Gasteiger partial charge in [0.25, 0.3) is 5.89 Å². The molecule has 0 saturated heterocycles. The molecule has 3 heterocycles. The summed E-state index contributed by atoms with van der Waals surface area (Å²) in [4.78, 5) is 15.6. The lowest BCUT2D eigenvalue weighted by molar-refractivity contribution is -0.137. The minimum absolute atomic E-state index is 0.0268. The monoisotopic (exact) mass is 400 g/mol. The third kappa shape index (κ3) is 2.88. The molecule has 0 unspecified atom stereocenters. The molecule has 0 spiro atoms. The highest BCUT2D eigenvalue weighted by Crippen LogP contribution is 2.37. The van der Waals surface area contributed by atoms with Crippen LogP contribution in [0.1, 0.15) is 30.0 Å². The van der Waals surface area contributed by atoms with Crippen LogP contribution in [0.5, 0.6) is 5.75 Å². The number of benzene rings is 2. The van der Waals surface area contributed by atoms with E-state index in [-0.39, 0.29) is 29.5 Å². The van der Waals surface area contributed by atoms with E-state index in [0.29, 0.717) is 11.4 Å². The summed E-state index contributed by atoms with van der Waals surface area (Å²) in [6.07, 6.45) is 0.972. The van der Waals surface area contributed by atoms with Crippen molar-refractivity contribution in [1.82, 2.24) is 14.7 Å². The van der Waals surface area contributed by atoms with Crippen LogP contribution in [0.4, 0.5) is 0 Å². The molecule has 2 aromatic heterocycles. The fourth-order valence-corrected chi connectivity index (χ4v) is 4.09. The molecule has 30 heavy (non-hydrogen) atoms. The van der Waals surface area contributed by atoms with Crippen LogP contribution in [0.3, 0.4) is 0 Å². The molecule has 0 fully saturated rings. The Bertz CT molecular complexity index is 1350. The Kier molecular flexibility index (Phi) is 4.03. The number of phenolic OH excluding ortho intramolecular Hbond substituents is 1. The van der Waals surface area contributed by atoms with Gasteiger partial charge >= 0.3 is 5.97 Å². The number of hydrogen-bond donors (Lipinski definition) is 2. The molecule has 8 nitrogen and oxygen atoms in total. The Morgan fingerprint density at radius 2 is 2.07 bits per heavy atom. The second-order valence-corrected chi connectivity index (χ2v) is 7.34. The molecule has 2 aromatic carbocycles. The van der Waals surface area contributed by atoms with Crippen molar-refractivity contribution in [3.8, 4) is 34.7 Å². The van der Waals surface area contributed by atoms with Gasteiger partial charge in [-0.2, -0.15) is 10.2 Å². The van der Waals surface area contributed by atoms with Crippen molar-refractivity contribution in [3.63, 3.8) is 0 Å². The Hall–Kier alpha value is -4.12. The van der Waals surface area contributed by atoms with Gasteiger partial charge in [-0.3, -0.25) is 4.79 Å². The number of phenols is 1. The van der Waals surface area contributed by atoms with Crippen molar-refractivity contribution >= 4 is 16.9 Å². The van der Waals surface area contributed by atoms with Gasteiger partial charge in [-0.05, 0) is 48.9 Å². The van der Waals surface area contributed by atoms with Crippen LogP contribution in [-0.2, 0) is 11.3 Å². The molecule has 2 N–H and O–H groups in total. The first-order valence-electron chi connectivity index (χ1n) is 9.46. The molecule has 0 saturated carbocycles. The van der Waals surface area contributed by atoms with Gasteiger partial charge < -0.3 is 19.3 Å². The second-order valence-electron chi connectivity index (χ2n) is 7.34. The molecule has 1 aliphatic heterocycles. The molecule has 5 rings (SSSR count). The Balaban J connectivity index is 1.49. The van der Waals surface area contributed by atoms with E-state index < -0.39 is 5.97 Å². The van der Waals surface area contributed by atoms with Crippen molar-refractivity contribution < 1.29 is 19.5 Å².